The number of thioether (sulfide) groups is 1. The normalized spacial score (nSPS) is 12.3. The molecule has 0 saturated heterocycles. The lowest BCUT2D eigenvalue weighted by Gasteiger charge is -2.10. The second-order valence-corrected chi connectivity index (χ2v) is 4.15. The SMILES string of the molecule is NN[C@@H](CSCc1ccccc1)C(N)=O. The second kappa shape index (κ2) is 6.44. The van der Waals surface area contributed by atoms with Gasteiger partial charge < -0.3 is 5.73 Å². The number of hydrogen-bond donors (Lipinski definition) is 3. The number of rotatable bonds is 6. The van der Waals surface area contributed by atoms with Crippen molar-refractivity contribution in [3.8, 4) is 0 Å². The highest BCUT2D eigenvalue weighted by Crippen LogP contribution is 2.12. The third-order valence-corrected chi connectivity index (χ3v) is 3.05. The summed E-state index contributed by atoms with van der Waals surface area (Å²) < 4.78 is 0. The Bertz CT molecular complexity index is 305. The van der Waals surface area contributed by atoms with Crippen LogP contribution in [0, 0.1) is 0 Å². The molecule has 0 saturated carbocycles. The van der Waals surface area contributed by atoms with Crippen LogP contribution in [-0.2, 0) is 10.5 Å². The molecule has 1 aromatic carbocycles. The summed E-state index contributed by atoms with van der Waals surface area (Å²) in [6.45, 7) is 0. The van der Waals surface area contributed by atoms with E-state index in [1.54, 1.807) is 11.8 Å². The molecule has 0 radical (unpaired) electrons. The molecule has 5 N–H and O–H groups in total. The first kappa shape index (κ1) is 12.0. The van der Waals surface area contributed by atoms with Gasteiger partial charge >= 0.3 is 0 Å². The molecular weight excluding hydrogens is 210 g/mol. The average Bonchev–Trinajstić information content (AvgIpc) is 2.25. The lowest BCUT2D eigenvalue weighted by Crippen LogP contribution is -2.46. The average molecular weight is 225 g/mol. The van der Waals surface area contributed by atoms with Gasteiger partial charge in [-0.25, -0.2) is 5.43 Å². The van der Waals surface area contributed by atoms with E-state index in [1.807, 2.05) is 30.3 Å². The van der Waals surface area contributed by atoms with Crippen LogP contribution in [0.25, 0.3) is 0 Å². The first-order valence-corrected chi connectivity index (χ1v) is 5.76. The molecule has 1 amide bonds. The van der Waals surface area contributed by atoms with E-state index < -0.39 is 11.9 Å². The minimum Gasteiger partial charge on any atom is -0.368 e. The zero-order chi connectivity index (χ0) is 11.1. The summed E-state index contributed by atoms with van der Waals surface area (Å²) in [4.78, 5) is 10.8. The molecule has 0 aliphatic rings. The van der Waals surface area contributed by atoms with Gasteiger partial charge in [-0.15, -0.1) is 0 Å². The van der Waals surface area contributed by atoms with E-state index in [-0.39, 0.29) is 0 Å². The lowest BCUT2D eigenvalue weighted by atomic mass is 10.2. The molecule has 4 nitrogen and oxygen atoms in total. The fourth-order valence-electron chi connectivity index (χ4n) is 1.08. The monoisotopic (exact) mass is 225 g/mol. The quantitative estimate of drug-likeness (QED) is 0.478. The summed E-state index contributed by atoms with van der Waals surface area (Å²) in [6.07, 6.45) is 0. The predicted octanol–water partition coefficient (Wildman–Crippen LogP) is 0.237. The van der Waals surface area contributed by atoms with Crippen LogP contribution in [-0.4, -0.2) is 17.7 Å². The number of hydrogen-bond acceptors (Lipinski definition) is 4. The molecule has 1 rings (SSSR count). The number of benzene rings is 1. The molecule has 0 spiro atoms. The summed E-state index contributed by atoms with van der Waals surface area (Å²) in [5, 5.41) is 0. The van der Waals surface area contributed by atoms with Crippen LogP contribution in [0.1, 0.15) is 5.56 Å². The van der Waals surface area contributed by atoms with E-state index in [1.165, 1.54) is 5.56 Å². The topological polar surface area (TPSA) is 81.1 Å². The molecule has 0 unspecified atom stereocenters. The van der Waals surface area contributed by atoms with Crippen molar-refractivity contribution >= 4 is 17.7 Å². The number of amides is 1. The molecule has 15 heavy (non-hydrogen) atoms. The number of hydrazine groups is 1. The molecule has 0 fully saturated rings. The molecular formula is C10H15N3OS. The van der Waals surface area contributed by atoms with Crippen LogP contribution in [0.3, 0.4) is 0 Å². The highest BCUT2D eigenvalue weighted by Gasteiger charge is 2.12. The third kappa shape index (κ3) is 4.33. The maximum Gasteiger partial charge on any atom is 0.236 e. The summed E-state index contributed by atoms with van der Waals surface area (Å²) >= 11 is 1.62. The van der Waals surface area contributed by atoms with Gasteiger partial charge in [0, 0.05) is 11.5 Å². The Balaban J connectivity index is 2.30. The summed E-state index contributed by atoms with van der Waals surface area (Å²) in [5.74, 6) is 6.21. The number of carbonyl (C=O) groups is 1. The van der Waals surface area contributed by atoms with Gasteiger partial charge in [-0.2, -0.15) is 11.8 Å². The van der Waals surface area contributed by atoms with Crippen LogP contribution >= 0.6 is 11.8 Å². The predicted molar refractivity (Wildman–Crippen MR) is 62.9 cm³/mol. The Morgan fingerprint density at radius 3 is 2.60 bits per heavy atom. The van der Waals surface area contributed by atoms with Crippen molar-refractivity contribution in [3.63, 3.8) is 0 Å². The van der Waals surface area contributed by atoms with E-state index in [2.05, 4.69) is 5.43 Å². The molecule has 82 valence electrons. The van der Waals surface area contributed by atoms with Gasteiger partial charge in [0.1, 0.15) is 6.04 Å². The molecule has 0 aromatic heterocycles. The Kier molecular flexibility index (Phi) is 5.17. The fraction of sp³-hybridized carbons (Fsp3) is 0.300. The minimum atomic E-state index is -0.460. The van der Waals surface area contributed by atoms with Gasteiger partial charge in [-0.05, 0) is 5.56 Å². The van der Waals surface area contributed by atoms with Crippen LogP contribution in [0.4, 0.5) is 0 Å². The van der Waals surface area contributed by atoms with Crippen LogP contribution in [0.2, 0.25) is 0 Å². The summed E-state index contributed by atoms with van der Waals surface area (Å²) in [7, 11) is 0. The summed E-state index contributed by atoms with van der Waals surface area (Å²) in [5.41, 5.74) is 8.75. The van der Waals surface area contributed by atoms with Crippen LogP contribution < -0.4 is 17.0 Å². The van der Waals surface area contributed by atoms with E-state index in [0.717, 1.165) is 5.75 Å². The van der Waals surface area contributed by atoms with E-state index >= 15 is 0 Å². The number of primary amides is 1. The van der Waals surface area contributed by atoms with Gasteiger partial charge in [0.05, 0.1) is 0 Å². The molecule has 1 aromatic rings. The van der Waals surface area contributed by atoms with Crippen LogP contribution in [0.5, 0.6) is 0 Å². The lowest BCUT2D eigenvalue weighted by molar-refractivity contribution is -0.119. The number of carbonyl (C=O) groups excluding carboxylic acids is 1. The molecule has 1 atom stereocenters. The highest BCUT2D eigenvalue weighted by atomic mass is 32.2. The van der Waals surface area contributed by atoms with Crippen molar-refractivity contribution in [1.82, 2.24) is 5.43 Å². The Morgan fingerprint density at radius 1 is 1.40 bits per heavy atom. The van der Waals surface area contributed by atoms with E-state index in [0.29, 0.717) is 5.75 Å². The largest absolute Gasteiger partial charge is 0.368 e. The van der Waals surface area contributed by atoms with Gasteiger partial charge in [0.15, 0.2) is 0 Å². The second-order valence-electron chi connectivity index (χ2n) is 3.12. The zero-order valence-electron chi connectivity index (χ0n) is 8.35. The molecule has 0 aliphatic carbocycles. The van der Waals surface area contributed by atoms with Crippen molar-refractivity contribution < 1.29 is 4.79 Å². The van der Waals surface area contributed by atoms with Crippen molar-refractivity contribution in [2.24, 2.45) is 11.6 Å². The van der Waals surface area contributed by atoms with Crippen molar-refractivity contribution in [3.05, 3.63) is 35.9 Å². The zero-order valence-corrected chi connectivity index (χ0v) is 9.17. The molecule has 0 aliphatic heterocycles. The van der Waals surface area contributed by atoms with Crippen molar-refractivity contribution in [2.75, 3.05) is 5.75 Å². The van der Waals surface area contributed by atoms with E-state index in [9.17, 15) is 4.79 Å². The van der Waals surface area contributed by atoms with Crippen molar-refractivity contribution in [2.45, 2.75) is 11.8 Å². The number of nitrogens with two attached hydrogens (primary N) is 2. The molecule has 0 heterocycles. The summed E-state index contributed by atoms with van der Waals surface area (Å²) in [6, 6.07) is 9.58. The first-order chi connectivity index (χ1) is 7.24. The minimum absolute atomic E-state index is 0.418. The smallest absolute Gasteiger partial charge is 0.236 e. The Labute approximate surface area is 93.4 Å². The van der Waals surface area contributed by atoms with Gasteiger partial charge in [-0.3, -0.25) is 10.6 Å². The van der Waals surface area contributed by atoms with Crippen LogP contribution in [0.15, 0.2) is 30.3 Å². The maximum absolute atomic E-state index is 10.8. The van der Waals surface area contributed by atoms with Gasteiger partial charge in [-0.1, -0.05) is 30.3 Å². The standard InChI is InChI=1S/C10H15N3OS/c11-10(14)9(13-12)7-15-6-8-4-2-1-3-5-8/h1-5,9,13H,6-7,12H2,(H2,11,14)/t9-/m0/s1. The molecule has 0 bridgehead atoms. The Morgan fingerprint density at radius 2 is 2.07 bits per heavy atom. The first-order valence-electron chi connectivity index (χ1n) is 4.61. The Hall–Kier alpha value is -1.04. The van der Waals surface area contributed by atoms with E-state index in [4.69, 9.17) is 11.6 Å². The van der Waals surface area contributed by atoms with Gasteiger partial charge in [0.2, 0.25) is 5.91 Å². The number of nitrogens with one attached hydrogen (secondary N) is 1. The van der Waals surface area contributed by atoms with Gasteiger partial charge in [0.25, 0.3) is 0 Å². The maximum atomic E-state index is 10.8. The molecule has 5 heteroatoms. The fourth-order valence-corrected chi connectivity index (χ4v) is 2.12. The highest BCUT2D eigenvalue weighted by molar-refractivity contribution is 7.98. The van der Waals surface area contributed by atoms with Crippen molar-refractivity contribution in [1.29, 1.82) is 0 Å². The third-order valence-electron chi connectivity index (χ3n) is 1.94.